The summed E-state index contributed by atoms with van der Waals surface area (Å²) >= 11 is 0. The smallest absolute Gasteiger partial charge is 0.119 e. The fourth-order valence-corrected chi connectivity index (χ4v) is 4.41. The summed E-state index contributed by atoms with van der Waals surface area (Å²) in [6.45, 7) is 8.25. The Morgan fingerprint density at radius 1 is 1.04 bits per heavy atom. The van der Waals surface area contributed by atoms with Crippen molar-refractivity contribution in [3.63, 3.8) is 0 Å². The highest BCUT2D eigenvalue weighted by Crippen LogP contribution is 2.38. The van der Waals surface area contributed by atoms with Crippen LogP contribution in [0, 0.1) is 0 Å². The standard InChI is InChI=1S/C20H30N2O2/c1-2-10-22(9-1)20-7-4-17-16-18(5-6-19(17)20)24-15-12-21-8-3-13-23-14-11-21/h5-6,16,20H,1-4,7-15H2. The molecule has 1 aliphatic carbocycles. The van der Waals surface area contributed by atoms with Crippen molar-refractivity contribution >= 4 is 0 Å². The molecule has 1 aromatic carbocycles. The fourth-order valence-electron chi connectivity index (χ4n) is 4.41. The van der Waals surface area contributed by atoms with Crippen LogP contribution in [0.25, 0.3) is 0 Å². The summed E-state index contributed by atoms with van der Waals surface area (Å²) in [6, 6.07) is 7.45. The van der Waals surface area contributed by atoms with E-state index in [1.807, 2.05) is 0 Å². The van der Waals surface area contributed by atoms with Gasteiger partial charge in [0.25, 0.3) is 0 Å². The number of aryl methyl sites for hydroxylation is 1. The van der Waals surface area contributed by atoms with E-state index < -0.39 is 0 Å². The highest BCUT2D eigenvalue weighted by atomic mass is 16.5. The van der Waals surface area contributed by atoms with E-state index in [9.17, 15) is 0 Å². The van der Waals surface area contributed by atoms with Crippen LogP contribution in [0.5, 0.6) is 5.75 Å². The Morgan fingerprint density at radius 2 is 1.96 bits per heavy atom. The molecule has 2 heterocycles. The van der Waals surface area contributed by atoms with Crippen molar-refractivity contribution in [3.05, 3.63) is 29.3 Å². The number of hydrogen-bond donors (Lipinski definition) is 0. The van der Waals surface area contributed by atoms with Crippen molar-refractivity contribution in [1.82, 2.24) is 9.80 Å². The molecule has 0 radical (unpaired) electrons. The SMILES string of the molecule is c1cc2c(cc1OCCN1CCCOCC1)CCC2N1CCCC1. The van der Waals surface area contributed by atoms with Crippen LogP contribution in [0.1, 0.15) is 42.9 Å². The minimum absolute atomic E-state index is 0.661. The summed E-state index contributed by atoms with van der Waals surface area (Å²) in [7, 11) is 0. The van der Waals surface area contributed by atoms with Gasteiger partial charge in [-0.3, -0.25) is 9.80 Å². The Morgan fingerprint density at radius 3 is 2.88 bits per heavy atom. The van der Waals surface area contributed by atoms with Crippen LogP contribution in [0.4, 0.5) is 0 Å². The molecule has 2 aliphatic heterocycles. The van der Waals surface area contributed by atoms with Gasteiger partial charge in [-0.25, -0.2) is 0 Å². The van der Waals surface area contributed by atoms with Gasteiger partial charge < -0.3 is 9.47 Å². The molecule has 4 rings (SSSR count). The van der Waals surface area contributed by atoms with Gasteiger partial charge >= 0.3 is 0 Å². The Hall–Kier alpha value is -1.10. The Kier molecular flexibility index (Phi) is 5.36. The van der Waals surface area contributed by atoms with Crippen molar-refractivity contribution in [2.75, 3.05) is 52.5 Å². The van der Waals surface area contributed by atoms with Gasteiger partial charge in [0, 0.05) is 32.3 Å². The lowest BCUT2D eigenvalue weighted by molar-refractivity contribution is 0.137. The summed E-state index contributed by atoms with van der Waals surface area (Å²) in [4.78, 5) is 5.12. The van der Waals surface area contributed by atoms with Crippen molar-refractivity contribution in [2.45, 2.75) is 38.1 Å². The lowest BCUT2D eigenvalue weighted by Gasteiger charge is -2.24. The number of likely N-dealkylation sites (tertiary alicyclic amines) is 1. The van der Waals surface area contributed by atoms with Crippen LogP contribution in [0.15, 0.2) is 18.2 Å². The molecule has 4 nitrogen and oxygen atoms in total. The predicted octanol–water partition coefficient (Wildman–Crippen LogP) is 2.87. The van der Waals surface area contributed by atoms with Gasteiger partial charge in [0.1, 0.15) is 12.4 Å². The third kappa shape index (κ3) is 3.76. The summed E-state index contributed by atoms with van der Waals surface area (Å²) in [6.07, 6.45) is 6.36. The third-order valence-corrected chi connectivity index (χ3v) is 5.73. The Bertz CT molecular complexity index is 534. The first-order chi connectivity index (χ1) is 11.9. The number of nitrogens with zero attached hydrogens (tertiary/aromatic N) is 2. The quantitative estimate of drug-likeness (QED) is 0.829. The van der Waals surface area contributed by atoms with Gasteiger partial charge in [0.15, 0.2) is 0 Å². The van der Waals surface area contributed by atoms with Crippen molar-refractivity contribution < 1.29 is 9.47 Å². The summed E-state index contributed by atoms with van der Waals surface area (Å²) in [5, 5.41) is 0. The van der Waals surface area contributed by atoms with Crippen molar-refractivity contribution in [2.24, 2.45) is 0 Å². The van der Waals surface area contributed by atoms with E-state index >= 15 is 0 Å². The molecule has 2 fully saturated rings. The van der Waals surface area contributed by atoms with E-state index in [0.717, 1.165) is 51.6 Å². The number of hydrogen-bond acceptors (Lipinski definition) is 4. The molecule has 1 aromatic rings. The lowest BCUT2D eigenvalue weighted by atomic mass is 10.1. The predicted molar refractivity (Wildman–Crippen MR) is 95.7 cm³/mol. The molecule has 24 heavy (non-hydrogen) atoms. The van der Waals surface area contributed by atoms with Gasteiger partial charge in [-0.2, -0.15) is 0 Å². The fraction of sp³-hybridized carbons (Fsp3) is 0.700. The normalized spacial score (nSPS) is 25.6. The van der Waals surface area contributed by atoms with Crippen molar-refractivity contribution in [1.29, 1.82) is 0 Å². The largest absolute Gasteiger partial charge is 0.492 e. The van der Waals surface area contributed by atoms with Crippen LogP contribution in [-0.2, 0) is 11.2 Å². The highest BCUT2D eigenvalue weighted by Gasteiger charge is 2.29. The Labute approximate surface area is 145 Å². The van der Waals surface area contributed by atoms with E-state index in [2.05, 4.69) is 28.0 Å². The lowest BCUT2D eigenvalue weighted by Crippen LogP contribution is -2.30. The zero-order valence-electron chi connectivity index (χ0n) is 14.7. The second kappa shape index (κ2) is 7.85. The van der Waals surface area contributed by atoms with E-state index in [0.29, 0.717) is 6.04 Å². The zero-order valence-corrected chi connectivity index (χ0v) is 14.7. The molecule has 132 valence electrons. The van der Waals surface area contributed by atoms with Gasteiger partial charge in [-0.1, -0.05) is 6.07 Å². The second-order valence-electron chi connectivity index (χ2n) is 7.31. The summed E-state index contributed by atoms with van der Waals surface area (Å²) in [5.41, 5.74) is 3.06. The molecule has 0 amide bonds. The molecular formula is C20H30N2O2. The number of ether oxygens (including phenoxy) is 2. The molecular weight excluding hydrogens is 300 g/mol. The molecule has 0 aromatic heterocycles. The third-order valence-electron chi connectivity index (χ3n) is 5.73. The topological polar surface area (TPSA) is 24.9 Å². The molecule has 1 atom stereocenters. The molecule has 1 unspecified atom stereocenters. The highest BCUT2D eigenvalue weighted by molar-refractivity contribution is 5.40. The van der Waals surface area contributed by atoms with E-state index in [-0.39, 0.29) is 0 Å². The van der Waals surface area contributed by atoms with Crippen LogP contribution >= 0.6 is 0 Å². The van der Waals surface area contributed by atoms with Crippen LogP contribution in [0.3, 0.4) is 0 Å². The molecule has 3 aliphatic rings. The van der Waals surface area contributed by atoms with Gasteiger partial charge in [0.05, 0.1) is 6.61 Å². The zero-order chi connectivity index (χ0) is 16.2. The summed E-state index contributed by atoms with van der Waals surface area (Å²) in [5.74, 6) is 1.04. The van der Waals surface area contributed by atoms with Crippen LogP contribution in [-0.4, -0.2) is 62.3 Å². The first kappa shape index (κ1) is 16.4. The van der Waals surface area contributed by atoms with Crippen LogP contribution < -0.4 is 4.74 Å². The van der Waals surface area contributed by atoms with Gasteiger partial charge in [-0.15, -0.1) is 0 Å². The maximum absolute atomic E-state index is 6.04. The maximum atomic E-state index is 6.04. The van der Waals surface area contributed by atoms with E-state index in [4.69, 9.17) is 9.47 Å². The first-order valence-electron chi connectivity index (χ1n) is 9.70. The first-order valence-corrected chi connectivity index (χ1v) is 9.70. The molecule has 0 saturated carbocycles. The van der Waals surface area contributed by atoms with E-state index in [1.54, 1.807) is 5.56 Å². The van der Waals surface area contributed by atoms with Gasteiger partial charge in [0.2, 0.25) is 0 Å². The minimum Gasteiger partial charge on any atom is -0.492 e. The van der Waals surface area contributed by atoms with Crippen molar-refractivity contribution in [3.8, 4) is 5.75 Å². The minimum atomic E-state index is 0.661. The molecule has 4 heteroatoms. The molecule has 0 spiro atoms. The Balaban J connectivity index is 1.31. The second-order valence-corrected chi connectivity index (χ2v) is 7.31. The van der Waals surface area contributed by atoms with E-state index in [1.165, 1.54) is 44.3 Å². The molecule has 0 N–H and O–H groups in total. The average Bonchev–Trinajstić information content (AvgIpc) is 3.19. The number of fused-ring (bicyclic) bond motifs is 1. The van der Waals surface area contributed by atoms with Gasteiger partial charge in [-0.05, 0) is 68.5 Å². The molecule has 0 bridgehead atoms. The summed E-state index contributed by atoms with van der Waals surface area (Å²) < 4.78 is 11.5. The maximum Gasteiger partial charge on any atom is 0.119 e. The number of benzene rings is 1. The monoisotopic (exact) mass is 330 g/mol. The number of rotatable bonds is 5. The average molecular weight is 330 g/mol. The molecule has 2 saturated heterocycles. The van der Waals surface area contributed by atoms with Crippen LogP contribution in [0.2, 0.25) is 0 Å².